The lowest BCUT2D eigenvalue weighted by atomic mass is 10.2. The molecule has 0 heterocycles. The van der Waals surface area contributed by atoms with Crippen LogP contribution < -0.4 is 5.32 Å². The summed E-state index contributed by atoms with van der Waals surface area (Å²) in [7, 11) is -4.07. The van der Waals surface area contributed by atoms with Crippen molar-refractivity contribution >= 4 is 62.1 Å². The summed E-state index contributed by atoms with van der Waals surface area (Å²) in [6.45, 7) is 1.80. The van der Waals surface area contributed by atoms with Gasteiger partial charge in [-0.05, 0) is 19.1 Å². The summed E-state index contributed by atoms with van der Waals surface area (Å²) in [4.78, 5) is 11.3. The fourth-order valence-corrected chi connectivity index (χ4v) is 4.11. The number of alkyl halides is 4. The molecule has 0 aromatic heterocycles. The number of hydrogen-bond acceptors (Lipinski definition) is 3. The summed E-state index contributed by atoms with van der Waals surface area (Å²) < 4.78 is 22.6. The van der Waals surface area contributed by atoms with Gasteiger partial charge < -0.3 is 5.32 Å². The second-order valence-electron chi connectivity index (χ2n) is 3.98. The zero-order valence-electron chi connectivity index (χ0n) is 10.2. The molecule has 1 atom stereocenters. The van der Waals surface area contributed by atoms with Crippen LogP contribution in [0.3, 0.4) is 0 Å². The fraction of sp³-hybridized carbons (Fsp3) is 0.364. The predicted molar refractivity (Wildman–Crippen MR) is 81.3 cm³/mol. The molecule has 0 aliphatic carbocycles. The minimum absolute atomic E-state index is 0.0608. The number of hydrogen-bond donors (Lipinski definition) is 1. The van der Waals surface area contributed by atoms with Crippen LogP contribution in [0.15, 0.2) is 29.2 Å². The maximum atomic E-state index is 12.4. The molecule has 1 N–H and O–H groups in total. The number of sulfone groups is 1. The Morgan fingerprint density at radius 3 is 2.15 bits per heavy atom. The van der Waals surface area contributed by atoms with Crippen molar-refractivity contribution in [3.63, 3.8) is 0 Å². The van der Waals surface area contributed by atoms with Gasteiger partial charge in [0.1, 0.15) is 5.88 Å². The van der Waals surface area contributed by atoms with Gasteiger partial charge >= 0.3 is 0 Å². The van der Waals surface area contributed by atoms with E-state index in [2.05, 4.69) is 5.32 Å². The number of benzene rings is 1. The third kappa shape index (κ3) is 4.40. The first-order valence-electron chi connectivity index (χ1n) is 5.31. The molecular formula is C11H11Cl4NO3S. The van der Waals surface area contributed by atoms with Gasteiger partial charge in [-0.25, -0.2) is 8.42 Å². The average molecular weight is 379 g/mol. The van der Waals surface area contributed by atoms with E-state index in [1.165, 1.54) is 12.1 Å². The van der Waals surface area contributed by atoms with Gasteiger partial charge in [0, 0.05) is 0 Å². The van der Waals surface area contributed by atoms with E-state index in [0.717, 1.165) is 5.56 Å². The summed E-state index contributed by atoms with van der Waals surface area (Å²) in [5.74, 6) is -1.20. The summed E-state index contributed by atoms with van der Waals surface area (Å²) in [6, 6.07) is 5.96. The van der Waals surface area contributed by atoms with Gasteiger partial charge in [-0.15, -0.1) is 11.6 Å². The molecule has 0 aliphatic rings. The van der Waals surface area contributed by atoms with E-state index in [4.69, 9.17) is 46.4 Å². The van der Waals surface area contributed by atoms with Crippen LogP contribution >= 0.6 is 46.4 Å². The van der Waals surface area contributed by atoms with Crippen LogP contribution in [0.25, 0.3) is 0 Å². The number of carbonyl (C=O) groups is 1. The molecule has 0 saturated carbocycles. The van der Waals surface area contributed by atoms with E-state index in [1.807, 2.05) is 0 Å². The van der Waals surface area contributed by atoms with Crippen molar-refractivity contribution in [1.82, 2.24) is 5.32 Å². The molecule has 1 aromatic carbocycles. The van der Waals surface area contributed by atoms with Crippen molar-refractivity contribution < 1.29 is 13.2 Å². The highest BCUT2D eigenvalue weighted by atomic mass is 35.6. The lowest BCUT2D eigenvalue weighted by Crippen LogP contribution is -2.49. The zero-order chi connectivity index (χ0) is 15.6. The number of nitrogens with one attached hydrogen (secondary N) is 1. The van der Waals surface area contributed by atoms with Crippen LogP contribution in [0, 0.1) is 6.92 Å². The van der Waals surface area contributed by atoms with Gasteiger partial charge in [0.05, 0.1) is 4.90 Å². The Kier molecular flexibility index (Phi) is 5.99. The highest BCUT2D eigenvalue weighted by Gasteiger charge is 2.44. The third-order valence-corrected chi connectivity index (χ3v) is 5.68. The number of amides is 1. The molecule has 4 nitrogen and oxygen atoms in total. The monoisotopic (exact) mass is 377 g/mol. The Hall–Kier alpha value is -0.200. The van der Waals surface area contributed by atoms with Crippen LogP contribution in [0.5, 0.6) is 0 Å². The van der Waals surface area contributed by atoms with Gasteiger partial charge in [0.25, 0.3) is 0 Å². The molecule has 1 unspecified atom stereocenters. The lowest BCUT2D eigenvalue weighted by molar-refractivity contribution is -0.118. The Morgan fingerprint density at radius 1 is 1.25 bits per heavy atom. The van der Waals surface area contributed by atoms with Crippen LogP contribution in [0.2, 0.25) is 0 Å². The van der Waals surface area contributed by atoms with Crippen molar-refractivity contribution in [3.8, 4) is 0 Å². The van der Waals surface area contributed by atoms with Gasteiger partial charge in [-0.1, -0.05) is 52.5 Å². The van der Waals surface area contributed by atoms with Crippen molar-refractivity contribution in [3.05, 3.63) is 29.8 Å². The number of rotatable bonds is 4. The van der Waals surface area contributed by atoms with E-state index in [-0.39, 0.29) is 4.90 Å². The molecule has 0 bridgehead atoms. The molecule has 20 heavy (non-hydrogen) atoms. The van der Waals surface area contributed by atoms with E-state index in [1.54, 1.807) is 19.1 Å². The summed E-state index contributed by atoms with van der Waals surface area (Å²) in [6.07, 6.45) is 0. The Balaban J connectivity index is 3.24. The largest absolute Gasteiger partial charge is 0.335 e. The quantitative estimate of drug-likeness (QED) is 0.819. The normalized spacial score (nSPS) is 13.8. The fourth-order valence-electron chi connectivity index (χ4n) is 1.38. The second kappa shape index (κ2) is 6.71. The molecule has 112 valence electrons. The maximum absolute atomic E-state index is 12.4. The number of halogens is 4. The third-order valence-electron chi connectivity index (χ3n) is 2.37. The van der Waals surface area contributed by atoms with Crippen molar-refractivity contribution in [2.24, 2.45) is 0 Å². The highest BCUT2D eigenvalue weighted by molar-refractivity contribution is 7.92. The molecule has 0 spiro atoms. The molecule has 0 aliphatic heterocycles. The molecule has 0 fully saturated rings. The maximum Gasteiger partial charge on any atom is 0.236 e. The van der Waals surface area contributed by atoms with Crippen LogP contribution in [-0.2, 0) is 14.6 Å². The minimum atomic E-state index is -4.07. The van der Waals surface area contributed by atoms with Crippen LogP contribution in [-0.4, -0.2) is 29.4 Å². The Labute approximate surface area is 137 Å². The lowest BCUT2D eigenvalue weighted by Gasteiger charge is -2.25. The molecule has 0 saturated heterocycles. The van der Waals surface area contributed by atoms with Gasteiger partial charge in [-0.3, -0.25) is 4.79 Å². The van der Waals surface area contributed by atoms with Gasteiger partial charge in [-0.2, -0.15) is 0 Å². The van der Waals surface area contributed by atoms with Crippen molar-refractivity contribution in [2.75, 3.05) is 5.88 Å². The van der Waals surface area contributed by atoms with E-state index in [9.17, 15) is 13.2 Å². The first-order valence-corrected chi connectivity index (χ1v) is 8.53. The van der Waals surface area contributed by atoms with Gasteiger partial charge in [0.15, 0.2) is 5.37 Å². The summed E-state index contributed by atoms with van der Waals surface area (Å²) in [5.41, 5.74) is 0.874. The van der Waals surface area contributed by atoms with Crippen LogP contribution in [0.1, 0.15) is 5.56 Å². The zero-order valence-corrected chi connectivity index (χ0v) is 14.1. The second-order valence-corrected chi connectivity index (χ2v) is 8.65. The number of aryl methyl sites for hydroxylation is 1. The van der Waals surface area contributed by atoms with E-state index < -0.39 is 30.8 Å². The first kappa shape index (κ1) is 17.9. The molecule has 1 amide bonds. The average Bonchev–Trinajstić information content (AvgIpc) is 2.34. The topological polar surface area (TPSA) is 63.2 Å². The summed E-state index contributed by atoms with van der Waals surface area (Å²) in [5, 5.41) is 0.378. The van der Waals surface area contributed by atoms with Crippen molar-refractivity contribution in [1.29, 1.82) is 0 Å². The highest BCUT2D eigenvalue weighted by Crippen LogP contribution is 2.35. The molecular weight excluding hydrogens is 368 g/mol. The van der Waals surface area contributed by atoms with Crippen molar-refractivity contribution in [2.45, 2.75) is 21.0 Å². The van der Waals surface area contributed by atoms with Crippen LogP contribution in [0.4, 0.5) is 0 Å². The molecule has 0 radical (unpaired) electrons. The van der Waals surface area contributed by atoms with E-state index >= 15 is 0 Å². The van der Waals surface area contributed by atoms with Gasteiger partial charge in [0.2, 0.25) is 19.5 Å². The first-order chi connectivity index (χ1) is 9.09. The number of carbonyl (C=O) groups excluding carboxylic acids is 1. The Morgan fingerprint density at radius 2 is 1.75 bits per heavy atom. The predicted octanol–water partition coefficient (Wildman–Crippen LogP) is 2.82. The molecule has 9 heteroatoms. The Bertz CT molecular complexity index is 581. The van der Waals surface area contributed by atoms with E-state index in [0.29, 0.717) is 0 Å². The molecule has 1 rings (SSSR count). The SMILES string of the molecule is Cc1ccc(S(=O)(=O)C(NC(=O)CCl)C(Cl)(Cl)Cl)cc1. The molecule has 1 aromatic rings. The standard InChI is InChI=1S/C11H11Cl4NO3S/c1-7-2-4-8(5-3-7)20(18,19)10(11(13,14)15)16-9(17)6-12/h2-5,10H,6H2,1H3,(H,16,17). The smallest absolute Gasteiger partial charge is 0.236 e. The summed E-state index contributed by atoms with van der Waals surface area (Å²) >= 11 is 22.3. The minimum Gasteiger partial charge on any atom is -0.335 e.